The molecule has 0 saturated carbocycles. The zero-order valence-electron chi connectivity index (χ0n) is 9.20. The highest BCUT2D eigenvalue weighted by Crippen LogP contribution is 2.21. The molecule has 0 amide bonds. The van der Waals surface area contributed by atoms with E-state index in [-0.39, 0.29) is 12.4 Å². The number of nitrogens with two attached hydrogens (primary N) is 1. The minimum atomic E-state index is -0.422. The highest BCUT2D eigenvalue weighted by Gasteiger charge is 2.12. The van der Waals surface area contributed by atoms with E-state index in [2.05, 4.69) is 0 Å². The summed E-state index contributed by atoms with van der Waals surface area (Å²) in [5.74, 6) is -0.597. The van der Waals surface area contributed by atoms with Crippen molar-refractivity contribution in [1.29, 1.82) is 5.41 Å². The number of hydrogen-bond acceptors (Lipinski definition) is 3. The molecular weight excluding hydrogens is 209 g/mol. The smallest absolute Gasteiger partial charge is 0.125 e. The Balaban J connectivity index is 3.14. The second-order valence-electron chi connectivity index (χ2n) is 3.38. The van der Waals surface area contributed by atoms with Crippen LogP contribution in [0.5, 0.6) is 0 Å². The molecule has 0 saturated heterocycles. The van der Waals surface area contributed by atoms with Crippen molar-refractivity contribution in [3.05, 3.63) is 29.6 Å². The largest absolute Gasteiger partial charge is 0.395 e. The average Bonchev–Trinajstić information content (AvgIpc) is 2.26. The number of rotatable bonds is 5. The SMILES string of the molecule is CCN(CCO)c1ccc(F)cc1C(=N)N. The number of aliphatic hydroxyl groups is 1. The van der Waals surface area contributed by atoms with Gasteiger partial charge in [0.05, 0.1) is 6.61 Å². The molecule has 1 rings (SSSR count). The average molecular weight is 225 g/mol. The molecule has 0 aromatic heterocycles. The Morgan fingerprint density at radius 2 is 2.25 bits per heavy atom. The molecule has 0 spiro atoms. The van der Waals surface area contributed by atoms with E-state index in [0.29, 0.717) is 24.3 Å². The van der Waals surface area contributed by atoms with E-state index in [4.69, 9.17) is 16.2 Å². The minimum Gasteiger partial charge on any atom is -0.395 e. The molecule has 4 nitrogen and oxygen atoms in total. The van der Waals surface area contributed by atoms with Crippen LogP contribution >= 0.6 is 0 Å². The van der Waals surface area contributed by atoms with Crippen LogP contribution in [0, 0.1) is 11.2 Å². The third-order valence-electron chi connectivity index (χ3n) is 2.34. The zero-order chi connectivity index (χ0) is 12.1. The first-order valence-electron chi connectivity index (χ1n) is 5.10. The molecule has 0 aliphatic rings. The first-order chi connectivity index (χ1) is 7.60. The number of nitrogens with one attached hydrogen (secondary N) is 1. The van der Waals surface area contributed by atoms with Gasteiger partial charge in [0.2, 0.25) is 0 Å². The molecule has 0 atom stereocenters. The Kier molecular flexibility index (Phi) is 4.25. The molecule has 0 aliphatic heterocycles. The Morgan fingerprint density at radius 1 is 1.56 bits per heavy atom. The van der Waals surface area contributed by atoms with Gasteiger partial charge in [0.15, 0.2) is 0 Å². The van der Waals surface area contributed by atoms with Gasteiger partial charge in [-0.05, 0) is 25.1 Å². The molecule has 16 heavy (non-hydrogen) atoms. The van der Waals surface area contributed by atoms with E-state index in [0.717, 1.165) is 0 Å². The number of aliphatic hydroxyl groups excluding tert-OH is 1. The maximum absolute atomic E-state index is 13.0. The van der Waals surface area contributed by atoms with Gasteiger partial charge >= 0.3 is 0 Å². The number of hydrogen-bond donors (Lipinski definition) is 3. The predicted molar refractivity (Wildman–Crippen MR) is 62.4 cm³/mol. The van der Waals surface area contributed by atoms with E-state index in [1.807, 2.05) is 11.8 Å². The molecule has 0 bridgehead atoms. The van der Waals surface area contributed by atoms with Gasteiger partial charge in [-0.25, -0.2) is 4.39 Å². The van der Waals surface area contributed by atoms with Crippen LogP contribution in [-0.4, -0.2) is 30.6 Å². The van der Waals surface area contributed by atoms with Crippen LogP contribution in [0.4, 0.5) is 10.1 Å². The Bertz CT molecular complexity index is 381. The number of halogens is 1. The van der Waals surface area contributed by atoms with Crippen LogP contribution in [0.2, 0.25) is 0 Å². The highest BCUT2D eigenvalue weighted by molar-refractivity contribution is 6.00. The van der Waals surface area contributed by atoms with Crippen LogP contribution in [0.1, 0.15) is 12.5 Å². The lowest BCUT2D eigenvalue weighted by atomic mass is 10.1. The van der Waals surface area contributed by atoms with Gasteiger partial charge in [-0.3, -0.25) is 5.41 Å². The fourth-order valence-corrected chi connectivity index (χ4v) is 1.57. The number of amidine groups is 1. The van der Waals surface area contributed by atoms with Gasteiger partial charge in [-0.1, -0.05) is 0 Å². The summed E-state index contributed by atoms with van der Waals surface area (Å²) >= 11 is 0. The third-order valence-corrected chi connectivity index (χ3v) is 2.34. The monoisotopic (exact) mass is 225 g/mol. The first-order valence-corrected chi connectivity index (χ1v) is 5.10. The maximum atomic E-state index is 13.0. The maximum Gasteiger partial charge on any atom is 0.125 e. The number of nitrogen functional groups attached to an aromatic ring is 1. The number of benzene rings is 1. The highest BCUT2D eigenvalue weighted by atomic mass is 19.1. The number of likely N-dealkylation sites (N-methyl/N-ethyl adjacent to an activating group) is 1. The Labute approximate surface area is 94.0 Å². The summed E-state index contributed by atoms with van der Waals surface area (Å²) in [6, 6.07) is 4.13. The lowest BCUT2D eigenvalue weighted by molar-refractivity contribution is 0.302. The molecule has 1 aromatic rings. The van der Waals surface area contributed by atoms with Crippen molar-refractivity contribution in [2.75, 3.05) is 24.6 Å². The standard InChI is InChI=1S/C11H16FN3O/c1-2-15(5-6-16)10-4-3-8(12)7-9(10)11(13)14/h3-4,7,16H,2,5-6H2,1H3,(H3,13,14). The molecule has 5 heteroatoms. The van der Waals surface area contributed by atoms with Crippen LogP contribution in [0.3, 0.4) is 0 Å². The lowest BCUT2D eigenvalue weighted by Gasteiger charge is -2.24. The normalized spacial score (nSPS) is 10.2. The van der Waals surface area contributed by atoms with Crippen molar-refractivity contribution in [1.82, 2.24) is 0 Å². The second kappa shape index (κ2) is 5.46. The van der Waals surface area contributed by atoms with Crippen molar-refractivity contribution in [2.45, 2.75) is 6.92 Å². The molecular formula is C11H16FN3O. The van der Waals surface area contributed by atoms with E-state index in [1.54, 1.807) is 6.07 Å². The number of anilines is 1. The predicted octanol–water partition coefficient (Wildman–Crippen LogP) is 0.928. The van der Waals surface area contributed by atoms with Crippen LogP contribution in [-0.2, 0) is 0 Å². The van der Waals surface area contributed by atoms with Gasteiger partial charge in [0, 0.05) is 24.3 Å². The van der Waals surface area contributed by atoms with Crippen molar-refractivity contribution in [2.24, 2.45) is 5.73 Å². The topological polar surface area (TPSA) is 73.3 Å². The lowest BCUT2D eigenvalue weighted by Crippen LogP contribution is -2.29. The van der Waals surface area contributed by atoms with Crippen LogP contribution in [0.25, 0.3) is 0 Å². The molecule has 0 heterocycles. The summed E-state index contributed by atoms with van der Waals surface area (Å²) in [5.41, 5.74) is 6.43. The summed E-state index contributed by atoms with van der Waals surface area (Å²) in [4.78, 5) is 1.84. The van der Waals surface area contributed by atoms with Crippen molar-refractivity contribution in [3.63, 3.8) is 0 Å². The molecule has 88 valence electrons. The van der Waals surface area contributed by atoms with Gasteiger partial charge in [-0.15, -0.1) is 0 Å². The Hall–Kier alpha value is -1.62. The molecule has 0 radical (unpaired) electrons. The van der Waals surface area contributed by atoms with Gasteiger partial charge in [0.25, 0.3) is 0 Å². The van der Waals surface area contributed by atoms with E-state index in [1.165, 1.54) is 12.1 Å². The minimum absolute atomic E-state index is 0.00254. The zero-order valence-corrected chi connectivity index (χ0v) is 9.20. The fraction of sp³-hybridized carbons (Fsp3) is 0.364. The van der Waals surface area contributed by atoms with Gasteiger partial charge in [-0.2, -0.15) is 0 Å². The van der Waals surface area contributed by atoms with E-state index in [9.17, 15) is 4.39 Å². The molecule has 0 fully saturated rings. The van der Waals surface area contributed by atoms with Crippen LogP contribution < -0.4 is 10.6 Å². The van der Waals surface area contributed by atoms with E-state index >= 15 is 0 Å². The van der Waals surface area contributed by atoms with Crippen LogP contribution in [0.15, 0.2) is 18.2 Å². The van der Waals surface area contributed by atoms with Gasteiger partial charge < -0.3 is 15.7 Å². The summed E-state index contributed by atoms with van der Waals surface area (Å²) < 4.78 is 13.0. The summed E-state index contributed by atoms with van der Waals surface area (Å²) in [7, 11) is 0. The van der Waals surface area contributed by atoms with E-state index < -0.39 is 5.82 Å². The van der Waals surface area contributed by atoms with Crippen molar-refractivity contribution >= 4 is 11.5 Å². The molecule has 1 aromatic carbocycles. The summed E-state index contributed by atoms with van der Waals surface area (Å²) in [6.07, 6.45) is 0. The third kappa shape index (κ3) is 2.70. The summed E-state index contributed by atoms with van der Waals surface area (Å²) in [6.45, 7) is 3.01. The van der Waals surface area contributed by atoms with Crippen molar-refractivity contribution in [3.8, 4) is 0 Å². The fourth-order valence-electron chi connectivity index (χ4n) is 1.57. The van der Waals surface area contributed by atoms with Crippen molar-refractivity contribution < 1.29 is 9.50 Å². The first kappa shape index (κ1) is 12.4. The summed E-state index contributed by atoms with van der Waals surface area (Å²) in [5, 5.41) is 16.3. The molecule has 4 N–H and O–H groups in total. The second-order valence-corrected chi connectivity index (χ2v) is 3.38. The van der Waals surface area contributed by atoms with Gasteiger partial charge in [0.1, 0.15) is 11.7 Å². The Morgan fingerprint density at radius 3 is 2.75 bits per heavy atom. The quantitative estimate of drug-likeness (QED) is 0.515. The molecule has 0 aliphatic carbocycles. The molecule has 0 unspecified atom stereocenters. The number of nitrogens with zero attached hydrogens (tertiary/aromatic N) is 1.